The van der Waals surface area contributed by atoms with E-state index in [0.717, 1.165) is 16.5 Å². The number of carbonyl (C=O) groups is 1. The van der Waals surface area contributed by atoms with Crippen molar-refractivity contribution in [2.75, 3.05) is 7.11 Å². The van der Waals surface area contributed by atoms with Crippen molar-refractivity contribution < 1.29 is 14.3 Å². The number of nitrogens with zero attached hydrogens (tertiary/aromatic N) is 1. The van der Waals surface area contributed by atoms with E-state index >= 15 is 0 Å². The van der Waals surface area contributed by atoms with Crippen LogP contribution in [0.1, 0.15) is 31.2 Å². The Kier molecular flexibility index (Phi) is 4.52. The Balaban J connectivity index is 2.43. The first-order valence-electron chi connectivity index (χ1n) is 6.61. The van der Waals surface area contributed by atoms with Crippen LogP contribution >= 0.6 is 15.9 Å². The first-order chi connectivity index (χ1) is 9.81. The standard InChI is InChI=1S/C16H18BrNO3/c1-16(2,3)21-15(19)14(17)11-6-5-7-13-12(11)8-10(20-4)9-18-13/h5-9,14H,1-4H3. The van der Waals surface area contributed by atoms with E-state index in [-0.39, 0.29) is 5.97 Å². The molecule has 0 radical (unpaired) electrons. The predicted molar refractivity (Wildman–Crippen MR) is 85.8 cm³/mol. The third kappa shape index (κ3) is 3.73. The minimum absolute atomic E-state index is 0.321. The summed E-state index contributed by atoms with van der Waals surface area (Å²) in [5.74, 6) is 0.330. The van der Waals surface area contributed by atoms with Crippen molar-refractivity contribution in [3.63, 3.8) is 0 Å². The molecule has 1 atom stereocenters. The third-order valence-corrected chi connectivity index (χ3v) is 3.72. The van der Waals surface area contributed by atoms with Gasteiger partial charge >= 0.3 is 5.97 Å². The Labute approximate surface area is 132 Å². The van der Waals surface area contributed by atoms with Crippen LogP contribution in [0.15, 0.2) is 30.5 Å². The minimum atomic E-state index is -0.547. The highest BCUT2D eigenvalue weighted by Crippen LogP contribution is 2.32. The van der Waals surface area contributed by atoms with Crippen LogP contribution in [-0.4, -0.2) is 23.7 Å². The zero-order chi connectivity index (χ0) is 15.6. The zero-order valence-corrected chi connectivity index (χ0v) is 14.1. The predicted octanol–water partition coefficient (Wildman–Crippen LogP) is 4.02. The molecule has 21 heavy (non-hydrogen) atoms. The number of carbonyl (C=O) groups excluding carboxylic acids is 1. The van der Waals surface area contributed by atoms with E-state index < -0.39 is 10.4 Å². The summed E-state index contributed by atoms with van der Waals surface area (Å²) in [5.41, 5.74) is 1.10. The summed E-state index contributed by atoms with van der Waals surface area (Å²) < 4.78 is 10.6. The van der Waals surface area contributed by atoms with E-state index in [1.165, 1.54) is 0 Å². The van der Waals surface area contributed by atoms with Crippen molar-refractivity contribution >= 4 is 32.8 Å². The molecule has 2 rings (SSSR count). The summed E-state index contributed by atoms with van der Waals surface area (Å²) in [6.07, 6.45) is 1.66. The largest absolute Gasteiger partial charge is 0.495 e. The Morgan fingerprint density at radius 1 is 1.33 bits per heavy atom. The number of aromatic nitrogens is 1. The number of rotatable bonds is 3. The number of pyridine rings is 1. The molecule has 0 aliphatic heterocycles. The van der Waals surface area contributed by atoms with Gasteiger partial charge in [0.1, 0.15) is 16.2 Å². The summed E-state index contributed by atoms with van der Waals surface area (Å²) in [5, 5.41) is 0.865. The molecule has 5 heteroatoms. The maximum atomic E-state index is 12.2. The number of esters is 1. The van der Waals surface area contributed by atoms with Gasteiger partial charge in [-0.05, 0) is 38.5 Å². The molecule has 0 saturated heterocycles. The highest BCUT2D eigenvalue weighted by atomic mass is 79.9. The average Bonchev–Trinajstić information content (AvgIpc) is 2.43. The van der Waals surface area contributed by atoms with Crippen LogP contribution in [0.25, 0.3) is 10.9 Å². The van der Waals surface area contributed by atoms with Crippen molar-refractivity contribution in [1.29, 1.82) is 0 Å². The Morgan fingerprint density at radius 3 is 2.67 bits per heavy atom. The lowest BCUT2D eigenvalue weighted by Crippen LogP contribution is -2.26. The van der Waals surface area contributed by atoms with E-state index in [1.807, 2.05) is 45.0 Å². The van der Waals surface area contributed by atoms with Crippen LogP contribution in [0.3, 0.4) is 0 Å². The van der Waals surface area contributed by atoms with E-state index in [1.54, 1.807) is 13.3 Å². The average molecular weight is 352 g/mol. The quantitative estimate of drug-likeness (QED) is 0.618. The maximum Gasteiger partial charge on any atom is 0.324 e. The number of ether oxygens (including phenoxy) is 2. The van der Waals surface area contributed by atoms with Gasteiger partial charge in [0.25, 0.3) is 0 Å². The van der Waals surface area contributed by atoms with E-state index in [2.05, 4.69) is 20.9 Å². The number of alkyl halides is 1. The fraction of sp³-hybridized carbons (Fsp3) is 0.375. The smallest absolute Gasteiger partial charge is 0.324 e. The Hall–Kier alpha value is -1.62. The van der Waals surface area contributed by atoms with Gasteiger partial charge in [-0.1, -0.05) is 28.1 Å². The molecular formula is C16H18BrNO3. The molecule has 0 spiro atoms. The Bertz CT molecular complexity index is 664. The van der Waals surface area contributed by atoms with Gasteiger partial charge < -0.3 is 9.47 Å². The van der Waals surface area contributed by atoms with Gasteiger partial charge in [-0.25, -0.2) is 0 Å². The normalized spacial score (nSPS) is 13.0. The van der Waals surface area contributed by atoms with E-state index in [0.29, 0.717) is 5.75 Å². The second-order valence-electron chi connectivity index (χ2n) is 5.69. The number of benzene rings is 1. The molecular weight excluding hydrogens is 334 g/mol. The molecule has 4 nitrogen and oxygen atoms in total. The number of hydrogen-bond acceptors (Lipinski definition) is 4. The van der Waals surface area contributed by atoms with Crippen molar-refractivity contribution in [1.82, 2.24) is 4.98 Å². The SMILES string of the molecule is COc1cnc2cccc(C(Br)C(=O)OC(C)(C)C)c2c1. The zero-order valence-electron chi connectivity index (χ0n) is 12.5. The van der Waals surface area contributed by atoms with Gasteiger partial charge in [0.2, 0.25) is 0 Å². The second-order valence-corrected chi connectivity index (χ2v) is 6.60. The van der Waals surface area contributed by atoms with Gasteiger partial charge in [-0.2, -0.15) is 0 Å². The van der Waals surface area contributed by atoms with Gasteiger partial charge in [0.05, 0.1) is 18.8 Å². The molecule has 0 saturated carbocycles. The molecule has 0 aliphatic rings. The van der Waals surface area contributed by atoms with Crippen LogP contribution in [0.4, 0.5) is 0 Å². The second kappa shape index (κ2) is 6.02. The highest BCUT2D eigenvalue weighted by molar-refractivity contribution is 9.09. The fourth-order valence-electron chi connectivity index (χ4n) is 1.97. The fourth-order valence-corrected chi connectivity index (χ4v) is 2.46. The number of methoxy groups -OCH3 is 1. The van der Waals surface area contributed by atoms with E-state index in [9.17, 15) is 4.79 Å². The van der Waals surface area contributed by atoms with Gasteiger partial charge in [-0.3, -0.25) is 9.78 Å². The summed E-state index contributed by atoms with van der Waals surface area (Å²) in [6.45, 7) is 5.54. The van der Waals surface area contributed by atoms with E-state index in [4.69, 9.17) is 9.47 Å². The van der Waals surface area contributed by atoms with Crippen molar-refractivity contribution in [2.45, 2.75) is 31.2 Å². The molecule has 0 N–H and O–H groups in total. The number of halogens is 1. The monoisotopic (exact) mass is 351 g/mol. The molecule has 1 aromatic heterocycles. The third-order valence-electron chi connectivity index (χ3n) is 2.86. The molecule has 0 fully saturated rings. The van der Waals surface area contributed by atoms with Crippen LogP contribution in [0.5, 0.6) is 5.75 Å². The van der Waals surface area contributed by atoms with Crippen LogP contribution < -0.4 is 4.74 Å². The Morgan fingerprint density at radius 2 is 2.05 bits per heavy atom. The molecule has 0 bridgehead atoms. The summed E-state index contributed by atoms with van der Waals surface area (Å²) in [7, 11) is 1.59. The molecule has 0 aliphatic carbocycles. The summed E-state index contributed by atoms with van der Waals surface area (Å²) in [4.78, 5) is 16.0. The van der Waals surface area contributed by atoms with Crippen LogP contribution in [-0.2, 0) is 9.53 Å². The van der Waals surface area contributed by atoms with Gasteiger partial charge in [0.15, 0.2) is 0 Å². The molecule has 0 amide bonds. The first-order valence-corrected chi connectivity index (χ1v) is 7.53. The van der Waals surface area contributed by atoms with Crippen molar-refractivity contribution in [2.24, 2.45) is 0 Å². The molecule has 1 heterocycles. The van der Waals surface area contributed by atoms with Gasteiger partial charge in [0, 0.05) is 5.39 Å². The first kappa shape index (κ1) is 15.8. The summed E-state index contributed by atoms with van der Waals surface area (Å²) >= 11 is 3.43. The molecule has 2 aromatic rings. The molecule has 112 valence electrons. The lowest BCUT2D eigenvalue weighted by Gasteiger charge is -2.22. The lowest BCUT2D eigenvalue weighted by atomic mass is 10.1. The number of fused-ring (bicyclic) bond motifs is 1. The van der Waals surface area contributed by atoms with Crippen molar-refractivity contribution in [3.8, 4) is 5.75 Å². The maximum absolute atomic E-state index is 12.2. The minimum Gasteiger partial charge on any atom is -0.495 e. The highest BCUT2D eigenvalue weighted by Gasteiger charge is 2.25. The lowest BCUT2D eigenvalue weighted by molar-refractivity contribution is -0.154. The molecule has 1 aromatic carbocycles. The van der Waals surface area contributed by atoms with Crippen LogP contribution in [0.2, 0.25) is 0 Å². The van der Waals surface area contributed by atoms with Crippen molar-refractivity contribution in [3.05, 3.63) is 36.0 Å². The topological polar surface area (TPSA) is 48.4 Å². The number of hydrogen-bond donors (Lipinski definition) is 0. The van der Waals surface area contributed by atoms with Gasteiger partial charge in [-0.15, -0.1) is 0 Å². The molecule has 1 unspecified atom stereocenters. The summed E-state index contributed by atoms with van der Waals surface area (Å²) in [6, 6.07) is 7.52. The van der Waals surface area contributed by atoms with Crippen LogP contribution in [0, 0.1) is 0 Å².